The van der Waals surface area contributed by atoms with Crippen LogP contribution in [-0.2, 0) is 0 Å². The SMILES string of the molecule is CC=C1C(C)C1C(C)C(CC)CC. The molecule has 0 radical (unpaired) electrons. The summed E-state index contributed by atoms with van der Waals surface area (Å²) in [6.45, 7) is 11.7. The van der Waals surface area contributed by atoms with Crippen LogP contribution in [0.15, 0.2) is 11.6 Å². The van der Waals surface area contributed by atoms with Crippen LogP contribution in [0.3, 0.4) is 0 Å². The lowest BCUT2D eigenvalue weighted by atomic mass is 9.85. The highest BCUT2D eigenvalue weighted by Crippen LogP contribution is 2.52. The molecule has 0 heteroatoms. The molecule has 0 saturated heterocycles. The molecule has 0 aromatic rings. The minimum atomic E-state index is 0.876. The van der Waals surface area contributed by atoms with Gasteiger partial charge in [0.1, 0.15) is 0 Å². The predicted molar refractivity (Wildman–Crippen MR) is 59.6 cm³/mol. The molecule has 0 heterocycles. The van der Waals surface area contributed by atoms with E-state index in [9.17, 15) is 0 Å². The molecule has 3 atom stereocenters. The summed E-state index contributed by atoms with van der Waals surface area (Å²) in [5.41, 5.74) is 1.71. The molecule has 0 spiro atoms. The van der Waals surface area contributed by atoms with Gasteiger partial charge in [0.2, 0.25) is 0 Å². The second kappa shape index (κ2) is 4.30. The third-order valence-electron chi connectivity index (χ3n) is 4.03. The minimum Gasteiger partial charge on any atom is -0.0879 e. The summed E-state index contributed by atoms with van der Waals surface area (Å²) in [5.74, 6) is 3.62. The second-order valence-electron chi connectivity index (χ2n) is 4.54. The van der Waals surface area contributed by atoms with E-state index in [0.717, 1.165) is 23.7 Å². The van der Waals surface area contributed by atoms with Crippen LogP contribution in [0, 0.1) is 23.7 Å². The molecule has 0 amide bonds. The van der Waals surface area contributed by atoms with Crippen LogP contribution in [0.4, 0.5) is 0 Å². The van der Waals surface area contributed by atoms with E-state index < -0.39 is 0 Å². The summed E-state index contributed by atoms with van der Waals surface area (Å²) in [7, 11) is 0. The van der Waals surface area contributed by atoms with Gasteiger partial charge in [-0.2, -0.15) is 0 Å². The van der Waals surface area contributed by atoms with Gasteiger partial charge < -0.3 is 0 Å². The summed E-state index contributed by atoms with van der Waals surface area (Å²) in [6, 6.07) is 0. The van der Waals surface area contributed by atoms with Crippen molar-refractivity contribution in [1.82, 2.24) is 0 Å². The standard InChI is InChI=1S/C13H24/c1-6-11(7-2)9(4)13-10(5)12(13)8-3/h8-11,13H,6-7H2,1-5H3. The van der Waals surface area contributed by atoms with Crippen LogP contribution in [-0.4, -0.2) is 0 Å². The summed E-state index contributed by atoms with van der Waals surface area (Å²) < 4.78 is 0. The van der Waals surface area contributed by atoms with Gasteiger partial charge >= 0.3 is 0 Å². The molecule has 13 heavy (non-hydrogen) atoms. The lowest BCUT2D eigenvalue weighted by Gasteiger charge is -2.20. The summed E-state index contributed by atoms with van der Waals surface area (Å²) >= 11 is 0. The Morgan fingerprint density at radius 3 is 2.15 bits per heavy atom. The Morgan fingerprint density at radius 2 is 1.85 bits per heavy atom. The van der Waals surface area contributed by atoms with Gasteiger partial charge in [-0.3, -0.25) is 0 Å². The third-order valence-corrected chi connectivity index (χ3v) is 4.03. The van der Waals surface area contributed by atoms with Crippen LogP contribution in [0.1, 0.15) is 47.5 Å². The van der Waals surface area contributed by atoms with E-state index in [1.165, 1.54) is 12.8 Å². The van der Waals surface area contributed by atoms with E-state index in [1.54, 1.807) is 5.57 Å². The van der Waals surface area contributed by atoms with Crippen molar-refractivity contribution in [3.8, 4) is 0 Å². The van der Waals surface area contributed by atoms with E-state index in [4.69, 9.17) is 0 Å². The molecule has 1 rings (SSSR count). The van der Waals surface area contributed by atoms with Crippen molar-refractivity contribution >= 4 is 0 Å². The van der Waals surface area contributed by atoms with Gasteiger partial charge in [0.15, 0.2) is 0 Å². The normalized spacial score (nSPS) is 32.6. The number of hydrogen-bond donors (Lipinski definition) is 0. The molecule has 0 aromatic carbocycles. The Morgan fingerprint density at radius 1 is 1.31 bits per heavy atom. The highest BCUT2D eigenvalue weighted by Gasteiger charge is 2.44. The van der Waals surface area contributed by atoms with Crippen molar-refractivity contribution in [2.45, 2.75) is 47.5 Å². The topological polar surface area (TPSA) is 0 Å². The van der Waals surface area contributed by atoms with Crippen LogP contribution in [0.5, 0.6) is 0 Å². The molecule has 0 bridgehead atoms. The molecular weight excluding hydrogens is 156 g/mol. The Hall–Kier alpha value is -0.260. The number of hydrogen-bond acceptors (Lipinski definition) is 0. The van der Waals surface area contributed by atoms with Gasteiger partial charge in [0, 0.05) is 0 Å². The van der Waals surface area contributed by atoms with Crippen molar-refractivity contribution in [3.63, 3.8) is 0 Å². The molecule has 0 N–H and O–H groups in total. The monoisotopic (exact) mass is 180 g/mol. The largest absolute Gasteiger partial charge is 0.0879 e. The van der Waals surface area contributed by atoms with E-state index >= 15 is 0 Å². The Kier molecular flexibility index (Phi) is 3.58. The van der Waals surface area contributed by atoms with E-state index in [1.807, 2.05) is 0 Å². The predicted octanol–water partition coefficient (Wildman–Crippen LogP) is 4.27. The van der Waals surface area contributed by atoms with Gasteiger partial charge in [-0.1, -0.05) is 52.2 Å². The van der Waals surface area contributed by atoms with E-state index in [0.29, 0.717) is 0 Å². The molecule has 0 aliphatic heterocycles. The molecular formula is C13H24. The average Bonchev–Trinajstić information content (AvgIpc) is 2.78. The van der Waals surface area contributed by atoms with Crippen LogP contribution in [0.2, 0.25) is 0 Å². The first kappa shape index (κ1) is 10.8. The molecule has 1 fully saturated rings. The zero-order chi connectivity index (χ0) is 10.0. The molecule has 1 aliphatic carbocycles. The lowest BCUT2D eigenvalue weighted by molar-refractivity contribution is 0.298. The first-order chi connectivity index (χ1) is 6.17. The maximum Gasteiger partial charge on any atom is -0.0109 e. The minimum absolute atomic E-state index is 0.876. The summed E-state index contributed by atoms with van der Waals surface area (Å²) in [5, 5.41) is 0. The molecule has 0 nitrogen and oxygen atoms in total. The molecule has 1 aliphatic rings. The zero-order valence-electron chi connectivity index (χ0n) is 9.80. The maximum atomic E-state index is 2.44. The first-order valence-electron chi connectivity index (χ1n) is 5.83. The molecule has 76 valence electrons. The van der Waals surface area contributed by atoms with Gasteiger partial charge in [-0.05, 0) is 30.6 Å². The van der Waals surface area contributed by atoms with Crippen molar-refractivity contribution in [2.24, 2.45) is 23.7 Å². The third kappa shape index (κ3) is 1.98. The van der Waals surface area contributed by atoms with Gasteiger partial charge in [0.05, 0.1) is 0 Å². The molecule has 0 aromatic heterocycles. The smallest absolute Gasteiger partial charge is 0.0109 e. The molecule has 1 saturated carbocycles. The quantitative estimate of drug-likeness (QED) is 0.567. The fourth-order valence-electron chi connectivity index (χ4n) is 2.99. The fourth-order valence-corrected chi connectivity index (χ4v) is 2.99. The fraction of sp³-hybridized carbons (Fsp3) is 0.846. The zero-order valence-corrected chi connectivity index (χ0v) is 9.80. The highest BCUT2D eigenvalue weighted by atomic mass is 14.5. The second-order valence-corrected chi connectivity index (χ2v) is 4.54. The summed E-state index contributed by atoms with van der Waals surface area (Å²) in [4.78, 5) is 0. The van der Waals surface area contributed by atoms with Crippen LogP contribution >= 0.6 is 0 Å². The van der Waals surface area contributed by atoms with Crippen LogP contribution < -0.4 is 0 Å². The number of allylic oxidation sites excluding steroid dienone is 2. The first-order valence-corrected chi connectivity index (χ1v) is 5.83. The van der Waals surface area contributed by atoms with Crippen molar-refractivity contribution in [3.05, 3.63) is 11.6 Å². The Labute approximate surface area is 83.4 Å². The average molecular weight is 180 g/mol. The van der Waals surface area contributed by atoms with E-state index in [-0.39, 0.29) is 0 Å². The van der Waals surface area contributed by atoms with Crippen LogP contribution in [0.25, 0.3) is 0 Å². The van der Waals surface area contributed by atoms with E-state index in [2.05, 4.69) is 40.7 Å². The highest BCUT2D eigenvalue weighted by molar-refractivity contribution is 5.28. The summed E-state index contributed by atoms with van der Waals surface area (Å²) in [6.07, 6.45) is 5.02. The Balaban J connectivity index is 2.54. The maximum absolute atomic E-state index is 2.44. The van der Waals surface area contributed by atoms with Gasteiger partial charge in [-0.25, -0.2) is 0 Å². The lowest BCUT2D eigenvalue weighted by Crippen LogP contribution is -2.12. The van der Waals surface area contributed by atoms with Crippen molar-refractivity contribution in [2.75, 3.05) is 0 Å². The van der Waals surface area contributed by atoms with Gasteiger partial charge in [-0.15, -0.1) is 0 Å². The van der Waals surface area contributed by atoms with Crippen molar-refractivity contribution < 1.29 is 0 Å². The van der Waals surface area contributed by atoms with Crippen molar-refractivity contribution in [1.29, 1.82) is 0 Å². The Bertz CT molecular complexity index is 186. The number of rotatable bonds is 4. The van der Waals surface area contributed by atoms with Gasteiger partial charge in [0.25, 0.3) is 0 Å². The molecule has 3 unspecified atom stereocenters.